The second-order valence-corrected chi connectivity index (χ2v) is 21.6. The Morgan fingerprint density at radius 2 is 1.02 bits per heavy atom. The van der Waals surface area contributed by atoms with Crippen molar-refractivity contribution < 1.29 is 68.1 Å². The van der Waals surface area contributed by atoms with E-state index >= 15 is 0 Å². The van der Waals surface area contributed by atoms with Crippen molar-refractivity contribution in [3.05, 3.63) is 0 Å². The third-order valence-corrected chi connectivity index (χ3v) is 13.4. The van der Waals surface area contributed by atoms with Crippen molar-refractivity contribution in [2.45, 2.75) is 205 Å². The van der Waals surface area contributed by atoms with Gasteiger partial charge in [0.25, 0.3) is 0 Å². The smallest absolute Gasteiger partial charge is 0.245 e. The molecule has 1 aliphatic heterocycles. The predicted molar refractivity (Wildman–Crippen MR) is 299 cm³/mol. The van der Waals surface area contributed by atoms with Crippen molar-refractivity contribution in [1.29, 1.82) is 0 Å². The van der Waals surface area contributed by atoms with E-state index in [1.54, 1.807) is 27.7 Å². The number of amides is 11. The molecule has 0 radical (unpaired) electrons. The highest BCUT2D eigenvalue weighted by molar-refractivity contribution is 5.99. The molecule has 1 fully saturated rings. The molecular weight excluding hydrogens is 1060 g/mol. The van der Waals surface area contributed by atoms with Gasteiger partial charge in [-0.15, -0.1) is 0 Å². The summed E-state index contributed by atoms with van der Waals surface area (Å²) in [5, 5.41) is 59.2. The van der Waals surface area contributed by atoms with E-state index in [9.17, 15) is 68.1 Å². The van der Waals surface area contributed by atoms with Crippen LogP contribution in [0.1, 0.15) is 132 Å². The van der Waals surface area contributed by atoms with E-state index < -0.39 is 157 Å². The van der Waals surface area contributed by atoms with Crippen molar-refractivity contribution in [2.75, 3.05) is 39.3 Å². The number of hydrogen-bond acceptors (Lipinski definition) is 18. The van der Waals surface area contributed by atoms with Crippen LogP contribution in [0.15, 0.2) is 0 Å². The summed E-state index contributed by atoms with van der Waals surface area (Å²) in [6, 6.07) is -15.1. The molecule has 11 amide bonds. The fourth-order valence-corrected chi connectivity index (χ4v) is 8.52. The Kier molecular flexibility index (Phi) is 34.7. The molecule has 1 heterocycles. The van der Waals surface area contributed by atoms with Crippen LogP contribution in [-0.2, 0) is 52.7 Å². The minimum atomic E-state index is -1.88. The van der Waals surface area contributed by atoms with E-state index in [1.165, 1.54) is 6.92 Å². The molecule has 29 heteroatoms. The average Bonchev–Trinajstić information content (AvgIpc) is 3.42. The molecule has 0 spiro atoms. The fourth-order valence-electron chi connectivity index (χ4n) is 8.52. The molecule has 0 bridgehead atoms. The minimum Gasteiger partial charge on any atom is -0.394 e. The quantitative estimate of drug-likeness (QED) is 0.0325. The average molecular weight is 1160 g/mol. The summed E-state index contributed by atoms with van der Waals surface area (Å²) in [6.45, 7) is 11.5. The Bertz CT molecular complexity index is 2050. The first-order valence-electron chi connectivity index (χ1n) is 28.3. The molecule has 0 saturated carbocycles. The first-order chi connectivity index (χ1) is 38.2. The molecule has 1 saturated heterocycles. The predicted octanol–water partition coefficient (Wildman–Crippen LogP) is -5.80. The number of aliphatic hydroxyl groups is 3. The summed E-state index contributed by atoms with van der Waals surface area (Å²) in [5.41, 5.74) is 23.3. The van der Waals surface area contributed by atoms with Crippen molar-refractivity contribution in [1.82, 2.24) is 58.5 Å². The van der Waals surface area contributed by atoms with Gasteiger partial charge >= 0.3 is 0 Å². The molecule has 1 rings (SSSR count). The molecule has 29 nitrogen and oxygen atoms in total. The molecule has 1 unspecified atom stereocenters. The molecule has 13 atom stereocenters. The van der Waals surface area contributed by atoms with Crippen LogP contribution in [0.2, 0.25) is 0 Å². The van der Waals surface area contributed by atoms with Crippen LogP contribution in [0.25, 0.3) is 0 Å². The summed E-state index contributed by atoms with van der Waals surface area (Å²) in [6.07, 6.45) is -0.762. The van der Waals surface area contributed by atoms with Crippen molar-refractivity contribution in [3.8, 4) is 0 Å². The molecule has 0 aliphatic carbocycles. The van der Waals surface area contributed by atoms with Gasteiger partial charge in [0, 0.05) is 13.0 Å². The lowest BCUT2D eigenvalue weighted by Crippen LogP contribution is -2.62. The molecular formula is C52H97N15O14. The Balaban J connectivity index is 3.77. The largest absolute Gasteiger partial charge is 0.394 e. The van der Waals surface area contributed by atoms with Crippen molar-refractivity contribution in [2.24, 2.45) is 40.7 Å². The summed E-state index contributed by atoms with van der Waals surface area (Å²) >= 11 is 0. The van der Waals surface area contributed by atoms with E-state index in [1.807, 2.05) is 0 Å². The maximum atomic E-state index is 14.3. The molecule has 0 aromatic heterocycles. The summed E-state index contributed by atoms with van der Waals surface area (Å²) in [7, 11) is 0. The standard InChI is InChI=1S/C52H97N15O14/c1-9-29(6)12-10-11-13-40(71)58-32(14-19-53)46(75)67-42(31(8)70)52(81)65-39(26-68)50(79)62-36-18-23-57-51(80)41(30(7)69)66-47(76)35(17-22-56)60-43(72)33(15-20-54)61-48(77)37(24-27(2)3)64-49(78)38(25-28(4)5)63-44(73)34(16-21-55)59-45(36)74/h27-39,41-42,68-70H,9-26,53-56H2,1-8H3,(H,57,80)(H,58,71)(H,59,74)(H,60,72)(H,61,77)(H,62,79)(H,63,73)(H,64,78)(H,65,81)(H,66,76)(H,67,75)/t29?,30-,31-,32+,33+,34+,35+,36+,37+,38-,39+,41+,42+/m1/s1. The van der Waals surface area contributed by atoms with Gasteiger partial charge in [-0.25, -0.2) is 0 Å². The number of nitrogens with two attached hydrogens (primary N) is 4. The van der Waals surface area contributed by atoms with E-state index in [-0.39, 0.29) is 83.0 Å². The monoisotopic (exact) mass is 1160 g/mol. The first kappa shape index (κ1) is 72.9. The van der Waals surface area contributed by atoms with Gasteiger partial charge in [0.2, 0.25) is 65.0 Å². The van der Waals surface area contributed by atoms with E-state index in [0.29, 0.717) is 12.3 Å². The van der Waals surface area contributed by atoms with Crippen molar-refractivity contribution in [3.63, 3.8) is 0 Å². The van der Waals surface area contributed by atoms with Crippen molar-refractivity contribution >= 4 is 65.0 Å². The third-order valence-electron chi connectivity index (χ3n) is 13.4. The molecule has 0 aromatic rings. The van der Waals surface area contributed by atoms with Crippen LogP contribution >= 0.6 is 0 Å². The maximum absolute atomic E-state index is 14.3. The topological polar surface area (TPSA) is 485 Å². The van der Waals surface area contributed by atoms with Crippen LogP contribution in [0, 0.1) is 17.8 Å². The Hall–Kier alpha value is -6.11. The molecule has 1 aliphatic rings. The number of rotatable bonds is 28. The van der Waals surface area contributed by atoms with Crippen LogP contribution in [0.4, 0.5) is 0 Å². The Morgan fingerprint density at radius 1 is 0.556 bits per heavy atom. The highest BCUT2D eigenvalue weighted by Gasteiger charge is 2.37. The number of aliphatic hydroxyl groups excluding tert-OH is 3. The first-order valence-corrected chi connectivity index (χ1v) is 28.3. The normalized spacial score (nSPS) is 23.6. The minimum absolute atomic E-state index is 0.0307. The molecule has 464 valence electrons. The van der Waals surface area contributed by atoms with E-state index in [2.05, 4.69) is 72.3 Å². The van der Waals surface area contributed by atoms with Crippen LogP contribution in [0.3, 0.4) is 0 Å². The Morgan fingerprint density at radius 3 is 1.46 bits per heavy atom. The van der Waals surface area contributed by atoms with Gasteiger partial charge in [0.15, 0.2) is 0 Å². The molecule has 22 N–H and O–H groups in total. The second-order valence-electron chi connectivity index (χ2n) is 21.6. The SMILES string of the molecule is CCC(C)CCCCC(=O)N[C@@H](CCN)C(=O)N[C@H](C(=O)N[C@@H](CO)C(=O)N[C@H]1CCNC(=O)[C@H]([C@@H](C)O)NC(=O)[C@H](CCN)NC(=O)[C@H](CCN)NC(=O)[C@H](CC(C)C)NC(=O)[C@@H](CC(C)C)NC(=O)[C@H](CCN)NC1=O)[C@@H](C)O. The summed E-state index contributed by atoms with van der Waals surface area (Å²) < 4.78 is 0. The van der Waals surface area contributed by atoms with Gasteiger partial charge in [-0.05, 0) is 109 Å². The van der Waals surface area contributed by atoms with E-state index in [0.717, 1.165) is 26.2 Å². The van der Waals surface area contributed by atoms with Gasteiger partial charge in [-0.2, -0.15) is 0 Å². The highest BCUT2D eigenvalue weighted by atomic mass is 16.3. The van der Waals surface area contributed by atoms with Crippen LogP contribution < -0.4 is 81.4 Å². The van der Waals surface area contributed by atoms with Gasteiger partial charge < -0.3 is 96.7 Å². The Labute approximate surface area is 475 Å². The van der Waals surface area contributed by atoms with Crippen LogP contribution in [-0.4, -0.2) is 192 Å². The number of nitrogens with one attached hydrogen (secondary N) is 11. The zero-order valence-corrected chi connectivity index (χ0v) is 48.5. The molecule has 0 aromatic carbocycles. The zero-order chi connectivity index (χ0) is 61.5. The number of carbonyl (C=O) groups excluding carboxylic acids is 11. The van der Waals surface area contributed by atoms with Gasteiger partial charge in [0.1, 0.15) is 60.4 Å². The summed E-state index contributed by atoms with van der Waals surface area (Å²) in [5.74, 6) is -10.0. The van der Waals surface area contributed by atoms with Gasteiger partial charge in [0.05, 0.1) is 18.8 Å². The number of unbranched alkanes of at least 4 members (excludes halogenated alkanes) is 1. The maximum Gasteiger partial charge on any atom is 0.245 e. The second kappa shape index (κ2) is 38.6. The lowest BCUT2D eigenvalue weighted by molar-refractivity contribution is -0.137. The fraction of sp³-hybridized carbons (Fsp3) is 0.788. The lowest BCUT2D eigenvalue weighted by Gasteiger charge is -2.29. The lowest BCUT2D eigenvalue weighted by atomic mass is 9.99. The van der Waals surface area contributed by atoms with Crippen LogP contribution in [0.5, 0.6) is 0 Å². The molecule has 81 heavy (non-hydrogen) atoms. The van der Waals surface area contributed by atoms with Gasteiger partial charge in [-0.3, -0.25) is 52.7 Å². The highest BCUT2D eigenvalue weighted by Crippen LogP contribution is 2.14. The third kappa shape index (κ3) is 27.0. The number of carbonyl (C=O) groups is 11. The zero-order valence-electron chi connectivity index (χ0n) is 48.5. The number of hydrogen-bond donors (Lipinski definition) is 18. The van der Waals surface area contributed by atoms with E-state index in [4.69, 9.17) is 22.9 Å². The van der Waals surface area contributed by atoms with Gasteiger partial charge in [-0.1, -0.05) is 60.8 Å². The summed E-state index contributed by atoms with van der Waals surface area (Å²) in [4.78, 5) is 152.